The zero-order valence-corrected chi connectivity index (χ0v) is 9.44. The number of nitrogens with two attached hydrogens (primary N) is 1. The van der Waals surface area contributed by atoms with Gasteiger partial charge >= 0.3 is 0 Å². The lowest BCUT2D eigenvalue weighted by molar-refractivity contribution is 0.233. The molecule has 0 fully saturated rings. The smallest absolute Gasteiger partial charge is 0.192 e. The second kappa shape index (κ2) is 3.73. The van der Waals surface area contributed by atoms with Crippen molar-refractivity contribution in [2.75, 3.05) is 13.1 Å². The first-order chi connectivity index (χ1) is 7.58. The zero-order chi connectivity index (χ0) is 11.8. The number of hydrogen-bond donors (Lipinski definition) is 1. The lowest BCUT2D eigenvalue weighted by Gasteiger charge is -2.35. The topological polar surface area (TPSA) is 54.5 Å². The van der Waals surface area contributed by atoms with E-state index in [9.17, 15) is 4.39 Å². The summed E-state index contributed by atoms with van der Waals surface area (Å²) in [6, 6.07) is 1.49. The van der Waals surface area contributed by atoms with Crippen LogP contribution < -0.4 is 5.73 Å². The fourth-order valence-electron chi connectivity index (χ4n) is 2.12. The van der Waals surface area contributed by atoms with Crippen molar-refractivity contribution in [2.45, 2.75) is 19.4 Å². The van der Waals surface area contributed by atoms with Gasteiger partial charge in [-0.3, -0.25) is 9.98 Å². The summed E-state index contributed by atoms with van der Waals surface area (Å²) in [5.41, 5.74) is 6.23. The van der Waals surface area contributed by atoms with Crippen molar-refractivity contribution in [1.29, 1.82) is 0 Å². The third-order valence-corrected chi connectivity index (χ3v) is 3.06. The standard InChI is InChI=1S/C11H15FN4/c1-3-16-10(13)15-7-11(16,2)8-4-9(12)6-14-5-8/h4-6H,3,7H2,1-2H3,(H2,13,15). The van der Waals surface area contributed by atoms with Crippen LogP contribution in [-0.2, 0) is 5.54 Å². The first-order valence-corrected chi connectivity index (χ1v) is 5.26. The minimum atomic E-state index is -0.381. The number of halogens is 1. The molecule has 0 radical (unpaired) electrons. The summed E-state index contributed by atoms with van der Waals surface area (Å²) < 4.78 is 13.2. The van der Waals surface area contributed by atoms with Crippen LogP contribution in [0, 0.1) is 5.82 Å². The molecule has 2 heterocycles. The van der Waals surface area contributed by atoms with E-state index >= 15 is 0 Å². The molecule has 0 amide bonds. The van der Waals surface area contributed by atoms with E-state index in [2.05, 4.69) is 9.98 Å². The van der Waals surface area contributed by atoms with Gasteiger partial charge in [0.1, 0.15) is 5.82 Å². The van der Waals surface area contributed by atoms with E-state index in [1.165, 1.54) is 12.3 Å². The number of likely N-dealkylation sites (N-methyl/N-ethyl adjacent to an activating group) is 1. The molecule has 86 valence electrons. The van der Waals surface area contributed by atoms with Gasteiger partial charge in [0.25, 0.3) is 0 Å². The summed E-state index contributed by atoms with van der Waals surface area (Å²) in [5, 5.41) is 0. The normalized spacial score (nSPS) is 24.7. The van der Waals surface area contributed by atoms with Gasteiger partial charge in [-0.05, 0) is 19.9 Å². The number of rotatable bonds is 2. The van der Waals surface area contributed by atoms with Crippen LogP contribution in [0.5, 0.6) is 0 Å². The van der Waals surface area contributed by atoms with E-state index in [1.54, 1.807) is 6.20 Å². The van der Waals surface area contributed by atoms with E-state index in [0.717, 1.165) is 12.1 Å². The molecule has 1 unspecified atom stereocenters. The maximum absolute atomic E-state index is 13.2. The summed E-state index contributed by atoms with van der Waals surface area (Å²) in [6.45, 7) is 5.27. The van der Waals surface area contributed by atoms with Gasteiger partial charge < -0.3 is 10.6 Å². The Kier molecular flexibility index (Phi) is 2.53. The summed E-state index contributed by atoms with van der Waals surface area (Å²) in [6.07, 6.45) is 2.86. The minimum Gasteiger partial charge on any atom is -0.370 e. The maximum atomic E-state index is 13.2. The highest BCUT2D eigenvalue weighted by atomic mass is 19.1. The third kappa shape index (κ3) is 1.52. The van der Waals surface area contributed by atoms with Gasteiger partial charge in [-0.15, -0.1) is 0 Å². The van der Waals surface area contributed by atoms with Crippen molar-refractivity contribution in [1.82, 2.24) is 9.88 Å². The van der Waals surface area contributed by atoms with Gasteiger partial charge in [0, 0.05) is 18.3 Å². The molecule has 0 aliphatic carbocycles. The van der Waals surface area contributed by atoms with Crippen molar-refractivity contribution in [2.24, 2.45) is 10.7 Å². The largest absolute Gasteiger partial charge is 0.370 e. The van der Waals surface area contributed by atoms with Crippen molar-refractivity contribution in [3.05, 3.63) is 29.8 Å². The molecule has 0 saturated carbocycles. The average molecular weight is 222 g/mol. The number of hydrogen-bond acceptors (Lipinski definition) is 4. The molecule has 4 nitrogen and oxygen atoms in total. The molecular formula is C11H15FN4. The van der Waals surface area contributed by atoms with Gasteiger partial charge in [-0.25, -0.2) is 4.39 Å². The molecule has 1 aromatic rings. The molecule has 0 spiro atoms. The Morgan fingerprint density at radius 1 is 1.56 bits per heavy atom. The Hall–Kier alpha value is -1.65. The monoisotopic (exact) mass is 222 g/mol. The van der Waals surface area contributed by atoms with Crippen molar-refractivity contribution >= 4 is 5.96 Å². The quantitative estimate of drug-likeness (QED) is 0.814. The van der Waals surface area contributed by atoms with E-state index in [4.69, 9.17) is 5.73 Å². The molecule has 0 saturated heterocycles. The lowest BCUT2D eigenvalue weighted by Crippen LogP contribution is -2.47. The summed E-state index contributed by atoms with van der Waals surface area (Å²) in [4.78, 5) is 10.1. The van der Waals surface area contributed by atoms with Gasteiger partial charge in [0.05, 0.1) is 18.3 Å². The van der Waals surface area contributed by atoms with Crippen LogP contribution in [0.3, 0.4) is 0 Å². The number of guanidine groups is 1. The molecule has 2 N–H and O–H groups in total. The molecule has 1 atom stereocenters. The first kappa shape index (κ1) is 10.9. The second-order valence-electron chi connectivity index (χ2n) is 4.08. The van der Waals surface area contributed by atoms with Gasteiger partial charge in [-0.2, -0.15) is 0 Å². The lowest BCUT2D eigenvalue weighted by atomic mass is 9.92. The Labute approximate surface area is 94.0 Å². The van der Waals surface area contributed by atoms with Crippen molar-refractivity contribution in [3.8, 4) is 0 Å². The SMILES string of the molecule is CCN1C(N)=NCC1(C)c1cncc(F)c1. The van der Waals surface area contributed by atoms with Gasteiger partial charge in [0.2, 0.25) is 0 Å². The van der Waals surface area contributed by atoms with Crippen LogP contribution in [0.4, 0.5) is 4.39 Å². The molecule has 16 heavy (non-hydrogen) atoms. The predicted octanol–water partition coefficient (Wildman–Crippen LogP) is 1.09. The van der Waals surface area contributed by atoms with Crippen LogP contribution in [0.15, 0.2) is 23.5 Å². The Balaban J connectivity index is 2.40. The fraction of sp³-hybridized carbons (Fsp3) is 0.455. The number of aliphatic imine (C=N–C) groups is 1. The summed E-state index contributed by atoms with van der Waals surface area (Å²) >= 11 is 0. The Bertz CT molecular complexity index is 432. The van der Waals surface area contributed by atoms with E-state index in [-0.39, 0.29) is 11.4 Å². The average Bonchev–Trinajstić information content (AvgIpc) is 2.56. The maximum Gasteiger partial charge on any atom is 0.192 e. The highest BCUT2D eigenvalue weighted by Gasteiger charge is 2.38. The van der Waals surface area contributed by atoms with Crippen molar-refractivity contribution < 1.29 is 4.39 Å². The molecule has 1 aromatic heterocycles. The van der Waals surface area contributed by atoms with Crippen LogP contribution in [0.2, 0.25) is 0 Å². The zero-order valence-electron chi connectivity index (χ0n) is 9.44. The Morgan fingerprint density at radius 2 is 2.31 bits per heavy atom. The number of nitrogens with zero attached hydrogens (tertiary/aromatic N) is 3. The first-order valence-electron chi connectivity index (χ1n) is 5.26. The predicted molar refractivity (Wildman–Crippen MR) is 60.4 cm³/mol. The van der Waals surface area contributed by atoms with Gasteiger partial charge in [-0.1, -0.05) is 0 Å². The fourth-order valence-corrected chi connectivity index (χ4v) is 2.12. The van der Waals surface area contributed by atoms with Gasteiger partial charge in [0.15, 0.2) is 5.96 Å². The third-order valence-electron chi connectivity index (χ3n) is 3.06. The molecule has 0 aromatic carbocycles. The molecule has 0 bridgehead atoms. The van der Waals surface area contributed by atoms with E-state index in [0.29, 0.717) is 12.5 Å². The minimum absolute atomic E-state index is 0.333. The summed E-state index contributed by atoms with van der Waals surface area (Å²) in [7, 11) is 0. The number of aromatic nitrogens is 1. The summed E-state index contributed by atoms with van der Waals surface area (Å²) in [5.74, 6) is 0.175. The highest BCUT2D eigenvalue weighted by molar-refractivity contribution is 5.81. The van der Waals surface area contributed by atoms with Crippen LogP contribution in [0.25, 0.3) is 0 Å². The second-order valence-corrected chi connectivity index (χ2v) is 4.08. The molecule has 2 rings (SSSR count). The van der Waals surface area contributed by atoms with Crippen LogP contribution in [0.1, 0.15) is 19.4 Å². The molecular weight excluding hydrogens is 207 g/mol. The number of pyridine rings is 1. The molecule has 1 aliphatic rings. The molecule has 5 heteroatoms. The molecule has 1 aliphatic heterocycles. The highest BCUT2D eigenvalue weighted by Crippen LogP contribution is 2.31. The Morgan fingerprint density at radius 3 is 2.94 bits per heavy atom. The van der Waals surface area contributed by atoms with Crippen LogP contribution in [-0.4, -0.2) is 28.9 Å². The van der Waals surface area contributed by atoms with E-state index < -0.39 is 0 Å². The van der Waals surface area contributed by atoms with Crippen LogP contribution >= 0.6 is 0 Å². The van der Waals surface area contributed by atoms with E-state index in [1.807, 2.05) is 18.7 Å². The van der Waals surface area contributed by atoms with Crippen molar-refractivity contribution in [3.63, 3.8) is 0 Å².